The van der Waals surface area contributed by atoms with E-state index in [1.807, 2.05) is 0 Å². The van der Waals surface area contributed by atoms with E-state index in [2.05, 4.69) is 10.6 Å². The molecule has 0 radical (unpaired) electrons. The third-order valence-corrected chi connectivity index (χ3v) is 7.58. The lowest BCUT2D eigenvalue weighted by molar-refractivity contribution is -0.182. The zero-order valence-corrected chi connectivity index (χ0v) is 20.6. The van der Waals surface area contributed by atoms with Crippen molar-refractivity contribution in [1.82, 2.24) is 10.6 Å². The van der Waals surface area contributed by atoms with Gasteiger partial charge in [0.25, 0.3) is 11.8 Å². The van der Waals surface area contributed by atoms with Crippen molar-refractivity contribution < 1.29 is 42.6 Å². The number of nitrogens with one attached hydrogen (secondary N) is 2. The number of aromatic carboxylic acids is 2. The summed E-state index contributed by atoms with van der Waals surface area (Å²) < 4.78 is 39.1. The van der Waals surface area contributed by atoms with Gasteiger partial charge in [-0.05, 0) is 62.8 Å². The van der Waals surface area contributed by atoms with Gasteiger partial charge in [-0.2, -0.15) is 13.2 Å². The summed E-state index contributed by atoms with van der Waals surface area (Å²) in [6.07, 6.45) is 0.102. The summed E-state index contributed by atoms with van der Waals surface area (Å²) in [5.74, 6) is -5.56. The van der Waals surface area contributed by atoms with E-state index in [0.29, 0.717) is 0 Å². The zero-order chi connectivity index (χ0) is 27.6. The molecule has 2 fully saturated rings. The van der Waals surface area contributed by atoms with Gasteiger partial charge in [-0.25, -0.2) is 9.59 Å². The SMILES string of the molecule is O=C(O)c1ccc(C(=O)O)c2c(C(=O)NC3CCC(C(F)(F)F)CC3)ccc(C(=O)NC3CCCCC3)c12. The lowest BCUT2D eigenvalue weighted by Gasteiger charge is -2.30. The van der Waals surface area contributed by atoms with Crippen molar-refractivity contribution in [2.24, 2.45) is 5.92 Å². The van der Waals surface area contributed by atoms with Crippen LogP contribution in [0.5, 0.6) is 0 Å². The Hall–Kier alpha value is -3.63. The van der Waals surface area contributed by atoms with E-state index in [9.17, 15) is 42.6 Å². The van der Waals surface area contributed by atoms with E-state index in [4.69, 9.17) is 0 Å². The Kier molecular flexibility index (Phi) is 7.94. The van der Waals surface area contributed by atoms with Gasteiger partial charge in [-0.15, -0.1) is 0 Å². The molecule has 0 spiro atoms. The van der Waals surface area contributed by atoms with Crippen molar-refractivity contribution in [3.05, 3.63) is 46.5 Å². The molecule has 8 nitrogen and oxygen atoms in total. The number of alkyl halides is 3. The van der Waals surface area contributed by atoms with Gasteiger partial charge < -0.3 is 20.8 Å². The molecule has 0 aliphatic heterocycles. The third kappa shape index (κ3) is 5.76. The lowest BCUT2D eigenvalue weighted by atomic mass is 9.85. The molecule has 0 bridgehead atoms. The monoisotopic (exact) mass is 534 g/mol. The van der Waals surface area contributed by atoms with Crippen LogP contribution in [0.1, 0.15) is 99.2 Å². The van der Waals surface area contributed by atoms with E-state index in [0.717, 1.165) is 44.2 Å². The molecule has 4 N–H and O–H groups in total. The summed E-state index contributed by atoms with van der Waals surface area (Å²) in [7, 11) is 0. The molecule has 2 aliphatic rings. The first-order valence-electron chi connectivity index (χ1n) is 12.7. The number of carbonyl (C=O) groups excluding carboxylic acids is 2. The van der Waals surface area contributed by atoms with Crippen LogP contribution in [0.3, 0.4) is 0 Å². The summed E-state index contributed by atoms with van der Waals surface area (Å²) >= 11 is 0. The number of rotatable bonds is 6. The highest BCUT2D eigenvalue weighted by Crippen LogP contribution is 2.38. The fourth-order valence-electron chi connectivity index (χ4n) is 5.57. The fourth-order valence-corrected chi connectivity index (χ4v) is 5.57. The van der Waals surface area contributed by atoms with Crippen molar-refractivity contribution in [2.45, 2.75) is 76.0 Å². The number of amides is 2. The first kappa shape index (κ1) is 27.4. The van der Waals surface area contributed by atoms with Gasteiger partial charge in [0.2, 0.25) is 0 Å². The minimum absolute atomic E-state index is 0.0618. The van der Waals surface area contributed by atoms with Gasteiger partial charge in [0.15, 0.2) is 0 Å². The normalized spacial score (nSPS) is 20.6. The molecule has 2 amide bonds. The number of halogens is 3. The molecule has 204 valence electrons. The van der Waals surface area contributed by atoms with Gasteiger partial charge in [0.05, 0.1) is 17.0 Å². The maximum absolute atomic E-state index is 13.3. The second-order valence-corrected chi connectivity index (χ2v) is 10.1. The first-order chi connectivity index (χ1) is 18.0. The number of carbonyl (C=O) groups is 4. The molecule has 38 heavy (non-hydrogen) atoms. The predicted molar refractivity (Wildman–Crippen MR) is 131 cm³/mol. The van der Waals surface area contributed by atoms with Crippen molar-refractivity contribution >= 4 is 34.5 Å². The number of hydrogen-bond acceptors (Lipinski definition) is 4. The molecule has 0 saturated heterocycles. The van der Waals surface area contributed by atoms with E-state index in [1.165, 1.54) is 12.1 Å². The van der Waals surface area contributed by atoms with Crippen LogP contribution in [0.15, 0.2) is 24.3 Å². The molecular weight excluding hydrogens is 505 g/mol. The van der Waals surface area contributed by atoms with Crippen LogP contribution in [-0.4, -0.2) is 52.2 Å². The topological polar surface area (TPSA) is 133 Å². The highest BCUT2D eigenvalue weighted by atomic mass is 19.4. The number of carboxylic acid groups (broad SMARTS) is 2. The van der Waals surface area contributed by atoms with Crippen molar-refractivity contribution in [3.63, 3.8) is 0 Å². The Labute approximate surface area is 216 Å². The molecule has 2 aromatic carbocycles. The Morgan fingerprint density at radius 3 is 1.42 bits per heavy atom. The molecule has 0 atom stereocenters. The van der Waals surface area contributed by atoms with Gasteiger partial charge in [0, 0.05) is 34.0 Å². The Morgan fingerprint density at radius 1 is 0.632 bits per heavy atom. The van der Waals surface area contributed by atoms with Crippen molar-refractivity contribution in [1.29, 1.82) is 0 Å². The van der Waals surface area contributed by atoms with Gasteiger partial charge in [-0.1, -0.05) is 19.3 Å². The van der Waals surface area contributed by atoms with Crippen LogP contribution in [0.2, 0.25) is 0 Å². The van der Waals surface area contributed by atoms with Crippen molar-refractivity contribution in [2.75, 3.05) is 0 Å². The van der Waals surface area contributed by atoms with E-state index >= 15 is 0 Å². The number of benzene rings is 2. The summed E-state index contributed by atoms with van der Waals surface area (Å²) in [5.41, 5.74) is -0.914. The molecule has 2 aromatic rings. The minimum Gasteiger partial charge on any atom is -0.478 e. The average molecular weight is 535 g/mol. The Morgan fingerprint density at radius 2 is 1.03 bits per heavy atom. The fraction of sp³-hybridized carbons (Fsp3) is 0.481. The van der Waals surface area contributed by atoms with Crippen LogP contribution in [0, 0.1) is 5.92 Å². The van der Waals surface area contributed by atoms with Gasteiger partial charge >= 0.3 is 18.1 Å². The van der Waals surface area contributed by atoms with E-state index in [-0.39, 0.29) is 64.8 Å². The summed E-state index contributed by atoms with van der Waals surface area (Å²) in [5, 5.41) is 24.9. The van der Waals surface area contributed by atoms with Crippen LogP contribution in [-0.2, 0) is 0 Å². The Balaban J connectivity index is 1.73. The third-order valence-electron chi connectivity index (χ3n) is 7.58. The zero-order valence-electron chi connectivity index (χ0n) is 20.6. The van der Waals surface area contributed by atoms with Crippen LogP contribution in [0.4, 0.5) is 13.2 Å². The first-order valence-corrected chi connectivity index (χ1v) is 12.7. The van der Waals surface area contributed by atoms with E-state index in [1.54, 1.807) is 0 Å². The molecule has 2 saturated carbocycles. The smallest absolute Gasteiger partial charge is 0.391 e. The Bertz CT molecular complexity index is 1260. The predicted octanol–water partition coefficient (Wildman–Crippen LogP) is 5.15. The minimum atomic E-state index is -4.30. The highest BCUT2D eigenvalue weighted by molar-refractivity contribution is 6.23. The highest BCUT2D eigenvalue weighted by Gasteiger charge is 2.41. The molecule has 0 unspecified atom stereocenters. The standard InChI is InChI=1S/C27H29F3N2O6/c28-27(29,30)14-6-8-16(9-7-14)32-24(34)18-11-10-17(23(33)31-15-4-2-1-3-5-15)21-19(25(35)36)12-13-20(22(18)21)26(37)38/h10-16H,1-9H2,(H,31,33)(H,32,34)(H,35,36)(H,37,38). The van der Waals surface area contributed by atoms with Crippen LogP contribution < -0.4 is 10.6 Å². The maximum atomic E-state index is 13.3. The van der Waals surface area contributed by atoms with E-state index < -0.39 is 41.9 Å². The number of fused-ring (bicyclic) bond motifs is 1. The van der Waals surface area contributed by atoms with Gasteiger partial charge in [-0.3, -0.25) is 9.59 Å². The maximum Gasteiger partial charge on any atom is 0.391 e. The summed E-state index contributed by atoms with van der Waals surface area (Å²) in [4.78, 5) is 50.7. The summed E-state index contributed by atoms with van der Waals surface area (Å²) in [6.45, 7) is 0. The largest absolute Gasteiger partial charge is 0.478 e. The van der Waals surface area contributed by atoms with Gasteiger partial charge in [0.1, 0.15) is 0 Å². The second kappa shape index (κ2) is 11.0. The number of hydrogen-bond donors (Lipinski definition) is 4. The molecular formula is C27H29F3N2O6. The molecule has 11 heteroatoms. The number of carboxylic acids is 2. The average Bonchev–Trinajstić information content (AvgIpc) is 2.87. The van der Waals surface area contributed by atoms with Crippen LogP contribution in [0.25, 0.3) is 10.8 Å². The molecule has 2 aliphatic carbocycles. The van der Waals surface area contributed by atoms with Crippen LogP contribution >= 0.6 is 0 Å². The molecule has 0 aromatic heterocycles. The molecule has 0 heterocycles. The van der Waals surface area contributed by atoms with Crippen molar-refractivity contribution in [3.8, 4) is 0 Å². The quantitative estimate of drug-likeness (QED) is 0.405. The molecule has 4 rings (SSSR count). The second-order valence-electron chi connectivity index (χ2n) is 10.1. The lowest BCUT2D eigenvalue weighted by Crippen LogP contribution is -2.40. The summed E-state index contributed by atoms with van der Waals surface area (Å²) in [6, 6.07) is 4.08.